The third-order valence-electron chi connectivity index (χ3n) is 3.89. The van der Waals surface area contributed by atoms with Gasteiger partial charge in [-0.3, -0.25) is 0 Å². The molecule has 0 aliphatic carbocycles. The lowest BCUT2D eigenvalue weighted by molar-refractivity contribution is -0.137. The van der Waals surface area contributed by atoms with Crippen LogP contribution >= 0.6 is 11.6 Å². The molecule has 0 fully saturated rings. The van der Waals surface area contributed by atoms with Crippen LogP contribution in [0, 0.1) is 0 Å². The molecular weight excluding hydrogens is 329 g/mol. The summed E-state index contributed by atoms with van der Waals surface area (Å²) < 4.78 is 43.4. The molecule has 0 saturated heterocycles. The predicted molar refractivity (Wildman–Crippen MR) is 82.0 cm³/mol. The number of hydrogen-bond donors (Lipinski definition) is 0. The third-order valence-corrected chi connectivity index (χ3v) is 4.17. The molecule has 1 aliphatic heterocycles. The topological polar surface area (TPSA) is 25.4 Å². The summed E-state index contributed by atoms with van der Waals surface area (Å²) in [6.45, 7) is 1.15. The Kier molecular flexibility index (Phi) is 4.10. The first kappa shape index (κ1) is 15.9. The number of alkyl halides is 3. The van der Waals surface area contributed by atoms with Crippen LogP contribution in [-0.4, -0.2) is 18.6 Å². The minimum absolute atomic E-state index is 0.00571. The van der Waals surface area contributed by atoms with Crippen molar-refractivity contribution in [3.8, 4) is 5.75 Å². The standard InChI is InChI=1S/C16H14ClF3N2O/c1-23-14-4-2-3-10-9-22(6-5-12(10)14)15-13(17)7-11(8-21-15)16(18,19)20/h2-4,7-8H,5-6,9H2,1H3. The molecule has 0 unspecified atom stereocenters. The van der Waals surface area contributed by atoms with Crippen molar-refractivity contribution < 1.29 is 17.9 Å². The van der Waals surface area contributed by atoms with Gasteiger partial charge in [0.15, 0.2) is 0 Å². The van der Waals surface area contributed by atoms with E-state index in [4.69, 9.17) is 16.3 Å². The normalized spacial score (nSPS) is 14.6. The Bertz CT molecular complexity index is 734. The third kappa shape index (κ3) is 3.08. The second kappa shape index (κ2) is 5.92. The quantitative estimate of drug-likeness (QED) is 0.812. The predicted octanol–water partition coefficient (Wildman–Crippen LogP) is 4.33. The Hall–Kier alpha value is -1.95. The van der Waals surface area contributed by atoms with Crippen molar-refractivity contribution in [3.63, 3.8) is 0 Å². The summed E-state index contributed by atoms with van der Waals surface area (Å²) >= 11 is 6.03. The van der Waals surface area contributed by atoms with E-state index in [2.05, 4.69) is 4.98 Å². The lowest BCUT2D eigenvalue weighted by atomic mass is 9.98. The summed E-state index contributed by atoms with van der Waals surface area (Å²) in [6, 6.07) is 6.69. The fraction of sp³-hybridized carbons (Fsp3) is 0.312. The van der Waals surface area contributed by atoms with Crippen molar-refractivity contribution in [2.24, 2.45) is 0 Å². The summed E-state index contributed by atoms with van der Waals surface area (Å²) in [7, 11) is 1.62. The number of halogens is 4. The Morgan fingerprint density at radius 3 is 2.74 bits per heavy atom. The zero-order valence-electron chi connectivity index (χ0n) is 12.3. The molecule has 122 valence electrons. The number of anilines is 1. The minimum Gasteiger partial charge on any atom is -0.496 e. The molecule has 0 atom stereocenters. The van der Waals surface area contributed by atoms with E-state index >= 15 is 0 Å². The van der Waals surface area contributed by atoms with E-state index in [-0.39, 0.29) is 5.02 Å². The zero-order valence-corrected chi connectivity index (χ0v) is 13.1. The molecular formula is C16H14ClF3N2O. The molecule has 0 saturated carbocycles. The van der Waals surface area contributed by atoms with Crippen LogP contribution < -0.4 is 9.64 Å². The Balaban J connectivity index is 1.89. The van der Waals surface area contributed by atoms with Gasteiger partial charge in [0.2, 0.25) is 0 Å². The van der Waals surface area contributed by atoms with Gasteiger partial charge in [-0.15, -0.1) is 0 Å². The molecule has 1 aromatic heterocycles. The lowest BCUT2D eigenvalue weighted by Crippen LogP contribution is -2.31. The number of methoxy groups -OCH3 is 1. The first-order chi connectivity index (χ1) is 10.9. The van der Waals surface area contributed by atoms with Crippen LogP contribution in [0.25, 0.3) is 0 Å². The Labute approximate surface area is 136 Å². The molecule has 23 heavy (non-hydrogen) atoms. The van der Waals surface area contributed by atoms with Gasteiger partial charge in [-0.1, -0.05) is 23.7 Å². The monoisotopic (exact) mass is 342 g/mol. The molecule has 0 amide bonds. The van der Waals surface area contributed by atoms with E-state index in [0.717, 1.165) is 35.6 Å². The summed E-state index contributed by atoms with van der Waals surface area (Å²) in [5.41, 5.74) is 1.34. The van der Waals surface area contributed by atoms with Crippen molar-refractivity contribution in [1.82, 2.24) is 4.98 Å². The number of pyridine rings is 1. The van der Waals surface area contributed by atoms with Crippen molar-refractivity contribution >= 4 is 17.4 Å². The van der Waals surface area contributed by atoms with Crippen LogP contribution in [-0.2, 0) is 19.1 Å². The van der Waals surface area contributed by atoms with Crippen molar-refractivity contribution in [1.29, 1.82) is 0 Å². The number of hydrogen-bond acceptors (Lipinski definition) is 3. The maximum Gasteiger partial charge on any atom is 0.417 e. The van der Waals surface area contributed by atoms with Gasteiger partial charge >= 0.3 is 6.18 Å². The second-order valence-electron chi connectivity index (χ2n) is 5.30. The van der Waals surface area contributed by atoms with Gasteiger partial charge in [0.25, 0.3) is 0 Å². The van der Waals surface area contributed by atoms with E-state index in [1.165, 1.54) is 0 Å². The molecule has 1 aliphatic rings. The van der Waals surface area contributed by atoms with E-state index in [0.29, 0.717) is 18.9 Å². The molecule has 0 N–H and O–H groups in total. The van der Waals surface area contributed by atoms with Gasteiger partial charge in [0, 0.05) is 24.8 Å². The van der Waals surface area contributed by atoms with Crippen molar-refractivity contribution in [2.75, 3.05) is 18.6 Å². The average Bonchev–Trinajstić information content (AvgIpc) is 2.52. The fourth-order valence-corrected chi connectivity index (χ4v) is 3.05. The van der Waals surface area contributed by atoms with Gasteiger partial charge in [-0.2, -0.15) is 13.2 Å². The van der Waals surface area contributed by atoms with Gasteiger partial charge in [0.1, 0.15) is 11.6 Å². The van der Waals surface area contributed by atoms with Crippen LogP contribution in [0.2, 0.25) is 5.02 Å². The highest BCUT2D eigenvalue weighted by molar-refractivity contribution is 6.33. The highest BCUT2D eigenvalue weighted by Crippen LogP contribution is 2.36. The maximum absolute atomic E-state index is 12.7. The first-order valence-electron chi connectivity index (χ1n) is 7.02. The van der Waals surface area contributed by atoms with Crippen molar-refractivity contribution in [2.45, 2.75) is 19.1 Å². The minimum atomic E-state index is -4.45. The molecule has 0 bridgehead atoms. The van der Waals surface area contributed by atoms with E-state index in [1.807, 2.05) is 23.1 Å². The number of aromatic nitrogens is 1. The van der Waals surface area contributed by atoms with Crippen LogP contribution in [0.5, 0.6) is 5.75 Å². The average molecular weight is 343 g/mol. The molecule has 0 radical (unpaired) electrons. The number of fused-ring (bicyclic) bond motifs is 1. The largest absolute Gasteiger partial charge is 0.496 e. The van der Waals surface area contributed by atoms with Gasteiger partial charge in [0.05, 0.1) is 17.7 Å². The lowest BCUT2D eigenvalue weighted by Gasteiger charge is -2.31. The van der Waals surface area contributed by atoms with Crippen LogP contribution in [0.15, 0.2) is 30.5 Å². The van der Waals surface area contributed by atoms with E-state index < -0.39 is 11.7 Å². The molecule has 1 aromatic carbocycles. The number of benzene rings is 1. The maximum atomic E-state index is 12.7. The van der Waals surface area contributed by atoms with Crippen LogP contribution in [0.1, 0.15) is 16.7 Å². The number of rotatable bonds is 2. The molecule has 0 spiro atoms. The Morgan fingerprint density at radius 1 is 1.30 bits per heavy atom. The summed E-state index contributed by atoms with van der Waals surface area (Å²) in [6.07, 6.45) is -2.91. The van der Waals surface area contributed by atoms with Gasteiger partial charge in [-0.25, -0.2) is 4.98 Å². The van der Waals surface area contributed by atoms with Crippen LogP contribution in [0.4, 0.5) is 19.0 Å². The molecule has 2 heterocycles. The highest BCUT2D eigenvalue weighted by Gasteiger charge is 2.32. The summed E-state index contributed by atoms with van der Waals surface area (Å²) in [5, 5.41) is 0.00571. The number of ether oxygens (including phenoxy) is 1. The first-order valence-corrected chi connectivity index (χ1v) is 7.40. The second-order valence-corrected chi connectivity index (χ2v) is 5.70. The van der Waals surface area contributed by atoms with Crippen LogP contribution in [0.3, 0.4) is 0 Å². The fourth-order valence-electron chi connectivity index (χ4n) is 2.76. The van der Waals surface area contributed by atoms with E-state index in [9.17, 15) is 13.2 Å². The smallest absolute Gasteiger partial charge is 0.417 e. The van der Waals surface area contributed by atoms with Gasteiger partial charge in [-0.05, 0) is 24.1 Å². The van der Waals surface area contributed by atoms with Gasteiger partial charge < -0.3 is 9.64 Å². The summed E-state index contributed by atoms with van der Waals surface area (Å²) in [4.78, 5) is 5.81. The molecule has 3 rings (SSSR count). The SMILES string of the molecule is COc1cccc2c1CCN(c1ncc(C(F)(F)F)cc1Cl)C2. The Morgan fingerprint density at radius 2 is 2.09 bits per heavy atom. The van der Waals surface area contributed by atoms with E-state index in [1.54, 1.807) is 7.11 Å². The number of nitrogens with zero attached hydrogens (tertiary/aromatic N) is 2. The van der Waals surface area contributed by atoms with Crippen molar-refractivity contribution in [3.05, 3.63) is 52.2 Å². The molecule has 2 aromatic rings. The molecule has 3 nitrogen and oxygen atoms in total. The zero-order chi connectivity index (χ0) is 16.6. The molecule has 7 heteroatoms. The highest BCUT2D eigenvalue weighted by atomic mass is 35.5. The summed E-state index contributed by atoms with van der Waals surface area (Å²) in [5.74, 6) is 1.20.